The highest BCUT2D eigenvalue weighted by molar-refractivity contribution is 5.91. The summed E-state index contributed by atoms with van der Waals surface area (Å²) in [6.45, 7) is 6.00. The molecule has 0 spiro atoms. The van der Waals surface area contributed by atoms with Crippen LogP contribution >= 0.6 is 0 Å². The molecule has 0 heterocycles. The Morgan fingerprint density at radius 2 is 1.92 bits per heavy atom. The lowest BCUT2D eigenvalue weighted by Crippen LogP contribution is -2.33. The number of nitro groups is 1. The second kappa shape index (κ2) is 8.86. The van der Waals surface area contributed by atoms with Crippen molar-refractivity contribution in [2.45, 2.75) is 32.8 Å². The molecule has 9 nitrogen and oxygen atoms in total. The lowest BCUT2D eigenvalue weighted by Gasteiger charge is -2.19. The molecule has 0 aromatic heterocycles. The first-order chi connectivity index (χ1) is 11.6. The van der Waals surface area contributed by atoms with E-state index in [1.54, 1.807) is 20.8 Å². The Hall–Kier alpha value is -2.84. The molecule has 0 atom stereocenters. The van der Waals surface area contributed by atoms with Crippen LogP contribution in [-0.4, -0.2) is 42.8 Å². The van der Waals surface area contributed by atoms with Crippen LogP contribution in [0.4, 0.5) is 16.2 Å². The van der Waals surface area contributed by atoms with E-state index in [1.165, 1.54) is 25.3 Å². The Labute approximate surface area is 145 Å². The van der Waals surface area contributed by atoms with Gasteiger partial charge in [0.25, 0.3) is 5.69 Å². The van der Waals surface area contributed by atoms with E-state index in [2.05, 4.69) is 15.4 Å². The van der Waals surface area contributed by atoms with Crippen molar-refractivity contribution in [3.8, 4) is 0 Å². The quantitative estimate of drug-likeness (QED) is 0.335. The highest BCUT2D eigenvalue weighted by Gasteiger charge is 2.17. The zero-order valence-corrected chi connectivity index (χ0v) is 14.8. The van der Waals surface area contributed by atoms with E-state index in [9.17, 15) is 19.7 Å². The Kier molecular flexibility index (Phi) is 7.16. The molecule has 0 saturated carbocycles. The van der Waals surface area contributed by atoms with Gasteiger partial charge in [-0.25, -0.2) is 9.59 Å². The number of ether oxygens (including phenoxy) is 2. The molecule has 2 N–H and O–H groups in total. The smallest absolute Gasteiger partial charge is 0.407 e. The lowest BCUT2D eigenvalue weighted by molar-refractivity contribution is -0.384. The van der Waals surface area contributed by atoms with Gasteiger partial charge >= 0.3 is 12.1 Å². The van der Waals surface area contributed by atoms with Gasteiger partial charge in [0.2, 0.25) is 0 Å². The highest BCUT2D eigenvalue weighted by Crippen LogP contribution is 2.25. The van der Waals surface area contributed by atoms with Crippen LogP contribution < -0.4 is 10.6 Å². The number of benzene rings is 1. The third-order valence-corrected chi connectivity index (χ3v) is 2.95. The van der Waals surface area contributed by atoms with Crippen molar-refractivity contribution in [2.24, 2.45) is 0 Å². The summed E-state index contributed by atoms with van der Waals surface area (Å²) in [6, 6.07) is 3.94. The van der Waals surface area contributed by atoms with Crippen LogP contribution in [0.3, 0.4) is 0 Å². The number of esters is 1. The molecule has 1 rings (SSSR count). The van der Waals surface area contributed by atoms with Crippen LogP contribution in [0.15, 0.2) is 18.2 Å². The summed E-state index contributed by atoms with van der Waals surface area (Å²) < 4.78 is 9.70. The molecule has 0 aliphatic rings. The number of carbonyl (C=O) groups excluding carboxylic acids is 2. The van der Waals surface area contributed by atoms with Crippen molar-refractivity contribution in [3.05, 3.63) is 33.9 Å². The SMILES string of the molecule is COC(=O)c1ccc([N+](=O)[O-])c(NCCCNC(=O)OC(C)(C)C)c1. The third-order valence-electron chi connectivity index (χ3n) is 2.95. The first kappa shape index (κ1) is 20.2. The average molecular weight is 353 g/mol. The Bertz CT molecular complexity index is 639. The van der Waals surface area contributed by atoms with Gasteiger partial charge in [0.15, 0.2) is 0 Å². The van der Waals surface area contributed by atoms with Gasteiger partial charge in [0.05, 0.1) is 17.6 Å². The zero-order valence-electron chi connectivity index (χ0n) is 14.8. The number of hydrogen-bond acceptors (Lipinski definition) is 7. The molecule has 0 saturated heterocycles. The third kappa shape index (κ3) is 7.06. The first-order valence-corrected chi connectivity index (χ1v) is 7.71. The molecule has 0 aliphatic carbocycles. The number of nitrogens with one attached hydrogen (secondary N) is 2. The van der Waals surface area contributed by atoms with Gasteiger partial charge < -0.3 is 20.1 Å². The number of anilines is 1. The number of nitrogens with zero attached hydrogens (tertiary/aromatic N) is 1. The van der Waals surface area contributed by atoms with E-state index in [4.69, 9.17) is 4.74 Å². The molecule has 1 aromatic carbocycles. The first-order valence-electron chi connectivity index (χ1n) is 7.71. The summed E-state index contributed by atoms with van der Waals surface area (Å²) in [5.41, 5.74) is -0.294. The molecule has 1 amide bonds. The predicted molar refractivity (Wildman–Crippen MR) is 91.8 cm³/mol. The van der Waals surface area contributed by atoms with E-state index in [1.807, 2.05) is 0 Å². The molecule has 25 heavy (non-hydrogen) atoms. The fraction of sp³-hybridized carbons (Fsp3) is 0.500. The van der Waals surface area contributed by atoms with E-state index in [-0.39, 0.29) is 16.9 Å². The van der Waals surface area contributed by atoms with Gasteiger partial charge in [0.1, 0.15) is 11.3 Å². The lowest BCUT2D eigenvalue weighted by atomic mass is 10.1. The van der Waals surface area contributed by atoms with E-state index < -0.39 is 22.6 Å². The largest absolute Gasteiger partial charge is 0.465 e. The molecular weight excluding hydrogens is 330 g/mol. The maximum Gasteiger partial charge on any atom is 0.407 e. The summed E-state index contributed by atoms with van der Waals surface area (Å²) >= 11 is 0. The molecule has 0 bridgehead atoms. The van der Waals surface area contributed by atoms with Crippen LogP contribution in [0.25, 0.3) is 0 Å². The molecule has 0 fully saturated rings. The predicted octanol–water partition coefficient (Wildman–Crippen LogP) is 2.71. The standard InChI is InChI=1S/C16H23N3O6/c1-16(2,3)25-15(21)18-9-5-8-17-12-10-11(14(20)24-4)6-7-13(12)19(22)23/h6-7,10,17H,5,8-9H2,1-4H3,(H,18,21). The van der Waals surface area contributed by atoms with Crippen LogP contribution in [0, 0.1) is 10.1 Å². The summed E-state index contributed by atoms with van der Waals surface area (Å²) in [7, 11) is 1.24. The van der Waals surface area contributed by atoms with E-state index >= 15 is 0 Å². The van der Waals surface area contributed by atoms with Crippen molar-refractivity contribution < 1.29 is 24.0 Å². The minimum absolute atomic E-state index is 0.146. The monoisotopic (exact) mass is 353 g/mol. The fourth-order valence-electron chi connectivity index (χ4n) is 1.90. The zero-order chi connectivity index (χ0) is 19.0. The minimum atomic E-state index is -0.579. The van der Waals surface area contributed by atoms with Gasteiger partial charge in [-0.1, -0.05) is 0 Å². The molecule has 1 aromatic rings. The van der Waals surface area contributed by atoms with Gasteiger partial charge in [0, 0.05) is 19.2 Å². The van der Waals surface area contributed by atoms with Crippen LogP contribution in [0.1, 0.15) is 37.6 Å². The molecule has 138 valence electrons. The second-order valence-corrected chi connectivity index (χ2v) is 6.19. The number of carbonyl (C=O) groups is 2. The second-order valence-electron chi connectivity index (χ2n) is 6.19. The number of nitro benzene ring substituents is 1. The molecule has 9 heteroatoms. The number of alkyl carbamates (subject to hydrolysis) is 1. The van der Waals surface area contributed by atoms with Gasteiger partial charge in [-0.2, -0.15) is 0 Å². The van der Waals surface area contributed by atoms with E-state index in [0.29, 0.717) is 19.5 Å². The Balaban J connectivity index is 2.57. The normalized spacial score (nSPS) is 10.7. The molecule has 0 aliphatic heterocycles. The minimum Gasteiger partial charge on any atom is -0.465 e. The Morgan fingerprint density at radius 3 is 2.48 bits per heavy atom. The summed E-state index contributed by atoms with van der Waals surface area (Å²) in [4.78, 5) is 33.5. The van der Waals surface area contributed by atoms with Crippen molar-refractivity contribution in [1.82, 2.24) is 5.32 Å². The fourth-order valence-corrected chi connectivity index (χ4v) is 1.90. The van der Waals surface area contributed by atoms with Crippen molar-refractivity contribution in [3.63, 3.8) is 0 Å². The maximum atomic E-state index is 11.5. The summed E-state index contributed by atoms with van der Waals surface area (Å²) in [6.07, 6.45) is -0.00932. The number of rotatable bonds is 7. The summed E-state index contributed by atoms with van der Waals surface area (Å²) in [5, 5.41) is 16.5. The highest BCUT2D eigenvalue weighted by atomic mass is 16.6. The molecular formula is C16H23N3O6. The van der Waals surface area contributed by atoms with Crippen molar-refractivity contribution in [1.29, 1.82) is 0 Å². The van der Waals surface area contributed by atoms with Gasteiger partial charge in [-0.3, -0.25) is 10.1 Å². The van der Waals surface area contributed by atoms with Crippen molar-refractivity contribution >= 4 is 23.4 Å². The topological polar surface area (TPSA) is 120 Å². The maximum absolute atomic E-state index is 11.5. The van der Waals surface area contributed by atoms with Gasteiger partial charge in [-0.05, 0) is 39.3 Å². The van der Waals surface area contributed by atoms with Crippen LogP contribution in [-0.2, 0) is 9.47 Å². The summed E-state index contributed by atoms with van der Waals surface area (Å²) in [5.74, 6) is -0.579. The number of hydrogen-bond donors (Lipinski definition) is 2. The molecule has 0 radical (unpaired) electrons. The Morgan fingerprint density at radius 1 is 1.24 bits per heavy atom. The average Bonchev–Trinajstić information content (AvgIpc) is 2.51. The van der Waals surface area contributed by atoms with Crippen LogP contribution in [0.5, 0.6) is 0 Å². The van der Waals surface area contributed by atoms with Crippen molar-refractivity contribution in [2.75, 3.05) is 25.5 Å². The number of amides is 1. The van der Waals surface area contributed by atoms with Gasteiger partial charge in [-0.15, -0.1) is 0 Å². The number of methoxy groups -OCH3 is 1. The molecule has 0 unspecified atom stereocenters. The van der Waals surface area contributed by atoms with E-state index in [0.717, 1.165) is 0 Å². The van der Waals surface area contributed by atoms with Crippen LogP contribution in [0.2, 0.25) is 0 Å².